The van der Waals surface area contributed by atoms with E-state index in [9.17, 15) is 14.4 Å². The van der Waals surface area contributed by atoms with Gasteiger partial charge in [-0.2, -0.15) is 0 Å². The number of carbonyl (C=O) groups excluding carboxylic acids is 1. The fourth-order valence-corrected chi connectivity index (χ4v) is 2.92. The lowest BCUT2D eigenvalue weighted by atomic mass is 9.92. The van der Waals surface area contributed by atoms with Crippen molar-refractivity contribution >= 4 is 16.9 Å². The lowest BCUT2D eigenvalue weighted by Gasteiger charge is -2.31. The second-order valence-electron chi connectivity index (χ2n) is 6.37. The third-order valence-corrected chi connectivity index (χ3v) is 4.96. The second kappa shape index (κ2) is 6.79. The van der Waals surface area contributed by atoms with Crippen LogP contribution in [0.5, 0.6) is 0 Å². The zero-order valence-electron chi connectivity index (χ0n) is 15.3. The van der Waals surface area contributed by atoms with Crippen molar-refractivity contribution in [3.05, 3.63) is 38.2 Å². The van der Waals surface area contributed by atoms with Crippen LogP contribution in [0.1, 0.15) is 42.7 Å². The van der Waals surface area contributed by atoms with Crippen LogP contribution < -0.4 is 22.3 Å². The minimum atomic E-state index is -0.500. The molecule has 0 saturated carbocycles. The molecule has 0 spiro atoms. The molecule has 2 rings (SSSR count). The summed E-state index contributed by atoms with van der Waals surface area (Å²) in [7, 11) is 2.95. The van der Waals surface area contributed by atoms with Gasteiger partial charge in [-0.05, 0) is 31.4 Å². The number of hydrogen-bond acceptors (Lipinski definition) is 5. The maximum Gasteiger partial charge on any atom is 0.332 e. The maximum atomic E-state index is 12.7. The number of amides is 1. The van der Waals surface area contributed by atoms with Gasteiger partial charge in [0.1, 0.15) is 11.3 Å². The van der Waals surface area contributed by atoms with Gasteiger partial charge in [-0.25, -0.2) is 9.78 Å². The first kappa shape index (κ1) is 18.9. The van der Waals surface area contributed by atoms with E-state index >= 15 is 0 Å². The normalized spacial score (nSPS) is 11.8. The van der Waals surface area contributed by atoms with E-state index in [0.717, 1.165) is 4.57 Å². The lowest BCUT2D eigenvalue weighted by molar-refractivity contribution is 0.0890. The van der Waals surface area contributed by atoms with Crippen molar-refractivity contribution in [2.24, 2.45) is 19.8 Å². The Bertz CT molecular complexity index is 930. The van der Waals surface area contributed by atoms with Gasteiger partial charge in [0.25, 0.3) is 11.5 Å². The maximum absolute atomic E-state index is 12.7. The third-order valence-electron chi connectivity index (χ3n) is 4.96. The molecule has 0 atom stereocenters. The molecule has 0 aliphatic carbocycles. The summed E-state index contributed by atoms with van der Waals surface area (Å²) in [5.41, 5.74) is 5.38. The van der Waals surface area contributed by atoms with Crippen molar-refractivity contribution in [3.63, 3.8) is 0 Å². The molecule has 8 heteroatoms. The summed E-state index contributed by atoms with van der Waals surface area (Å²) in [6.07, 6.45) is 1.38. The Morgan fingerprint density at radius 2 is 1.84 bits per heavy atom. The Morgan fingerprint density at radius 3 is 2.36 bits per heavy atom. The highest BCUT2D eigenvalue weighted by Crippen LogP contribution is 2.16. The van der Waals surface area contributed by atoms with E-state index in [1.807, 2.05) is 13.8 Å². The van der Waals surface area contributed by atoms with Crippen LogP contribution in [0.25, 0.3) is 11.0 Å². The predicted molar refractivity (Wildman–Crippen MR) is 96.8 cm³/mol. The molecule has 0 saturated heterocycles. The monoisotopic (exact) mass is 347 g/mol. The zero-order chi connectivity index (χ0) is 18.9. The van der Waals surface area contributed by atoms with Crippen molar-refractivity contribution in [2.45, 2.75) is 39.2 Å². The number of pyridine rings is 1. The second-order valence-corrected chi connectivity index (χ2v) is 6.37. The molecule has 2 aromatic rings. The molecule has 0 bridgehead atoms. The Balaban J connectivity index is 2.64. The molecule has 0 aliphatic rings. The molecule has 0 unspecified atom stereocenters. The number of carbonyl (C=O) groups is 1. The number of nitrogens with one attached hydrogen (secondary N) is 1. The summed E-state index contributed by atoms with van der Waals surface area (Å²) in [4.78, 5) is 41.5. The first-order valence-electron chi connectivity index (χ1n) is 8.31. The molecule has 0 fully saturated rings. The number of aromatic nitrogens is 3. The average Bonchev–Trinajstić information content (AvgIpc) is 2.61. The van der Waals surface area contributed by atoms with Gasteiger partial charge in [0.2, 0.25) is 0 Å². The molecule has 0 aliphatic heterocycles. The van der Waals surface area contributed by atoms with Gasteiger partial charge in [0, 0.05) is 20.6 Å². The number of aryl methyl sites for hydroxylation is 2. The molecule has 25 heavy (non-hydrogen) atoms. The number of nitrogens with zero attached hydrogens (tertiary/aromatic N) is 3. The summed E-state index contributed by atoms with van der Waals surface area (Å²) < 4.78 is 2.31. The SMILES string of the molecule is CCC(CC)(CN)NC(=O)c1cc(C)c2c(=O)n(C)c(=O)n(C)c2n1. The van der Waals surface area contributed by atoms with Gasteiger partial charge in [-0.15, -0.1) is 0 Å². The molecule has 3 N–H and O–H groups in total. The molecule has 8 nitrogen and oxygen atoms in total. The average molecular weight is 347 g/mol. The fourth-order valence-electron chi connectivity index (χ4n) is 2.92. The standard InChI is InChI=1S/C17H25N5O3/c1-6-17(7-2,9-18)20-14(23)11-8-10(3)12-13(19-11)21(4)16(25)22(5)15(12)24/h8H,6-7,9,18H2,1-5H3,(H,20,23). The topological polar surface area (TPSA) is 112 Å². The lowest BCUT2D eigenvalue weighted by Crippen LogP contribution is -2.53. The van der Waals surface area contributed by atoms with Gasteiger partial charge >= 0.3 is 5.69 Å². The highest BCUT2D eigenvalue weighted by atomic mass is 16.2. The molecular formula is C17H25N5O3. The molecular weight excluding hydrogens is 322 g/mol. The Morgan fingerprint density at radius 1 is 1.24 bits per heavy atom. The minimum Gasteiger partial charge on any atom is -0.344 e. The largest absolute Gasteiger partial charge is 0.344 e. The first-order chi connectivity index (χ1) is 11.7. The number of rotatable bonds is 5. The summed E-state index contributed by atoms with van der Waals surface area (Å²) in [5, 5.41) is 3.28. The summed E-state index contributed by atoms with van der Waals surface area (Å²) >= 11 is 0. The van der Waals surface area contributed by atoms with Crippen LogP contribution in [0, 0.1) is 6.92 Å². The first-order valence-corrected chi connectivity index (χ1v) is 8.31. The summed E-state index contributed by atoms with van der Waals surface area (Å²) in [6, 6.07) is 1.57. The Kier molecular flexibility index (Phi) is 5.12. The zero-order valence-corrected chi connectivity index (χ0v) is 15.3. The summed E-state index contributed by atoms with van der Waals surface area (Å²) in [5.74, 6) is -0.368. The van der Waals surface area contributed by atoms with Crippen LogP contribution in [0.4, 0.5) is 0 Å². The van der Waals surface area contributed by atoms with E-state index < -0.39 is 16.8 Å². The summed E-state index contributed by atoms with van der Waals surface area (Å²) in [6.45, 7) is 5.96. The van der Waals surface area contributed by atoms with Crippen LogP contribution in [-0.2, 0) is 14.1 Å². The van der Waals surface area contributed by atoms with Crippen molar-refractivity contribution in [2.75, 3.05) is 6.54 Å². The third kappa shape index (κ3) is 3.09. The van der Waals surface area contributed by atoms with E-state index in [4.69, 9.17) is 5.73 Å². The number of nitrogens with two attached hydrogens (primary N) is 1. The molecule has 2 heterocycles. The number of fused-ring (bicyclic) bond motifs is 1. The van der Waals surface area contributed by atoms with Crippen LogP contribution in [-0.4, -0.2) is 32.1 Å². The Hall–Kier alpha value is -2.48. The fraction of sp³-hybridized carbons (Fsp3) is 0.529. The van der Waals surface area contributed by atoms with Gasteiger partial charge in [0.15, 0.2) is 0 Å². The smallest absolute Gasteiger partial charge is 0.332 e. The van der Waals surface area contributed by atoms with Gasteiger partial charge in [0.05, 0.1) is 10.9 Å². The minimum absolute atomic E-state index is 0.160. The highest BCUT2D eigenvalue weighted by Gasteiger charge is 2.28. The van der Waals surface area contributed by atoms with Gasteiger partial charge in [-0.1, -0.05) is 13.8 Å². The number of hydrogen-bond donors (Lipinski definition) is 2. The van der Waals surface area contributed by atoms with Crippen molar-refractivity contribution < 1.29 is 4.79 Å². The van der Waals surface area contributed by atoms with E-state index in [0.29, 0.717) is 30.3 Å². The van der Waals surface area contributed by atoms with Crippen LogP contribution in [0.15, 0.2) is 15.7 Å². The van der Waals surface area contributed by atoms with Crippen molar-refractivity contribution in [3.8, 4) is 0 Å². The van der Waals surface area contributed by atoms with Crippen LogP contribution in [0.2, 0.25) is 0 Å². The highest BCUT2D eigenvalue weighted by molar-refractivity contribution is 5.95. The predicted octanol–water partition coefficient (Wildman–Crippen LogP) is 0.188. The van der Waals surface area contributed by atoms with E-state index in [2.05, 4.69) is 10.3 Å². The van der Waals surface area contributed by atoms with Gasteiger partial charge < -0.3 is 11.1 Å². The quantitative estimate of drug-likeness (QED) is 0.802. The molecule has 1 amide bonds. The van der Waals surface area contributed by atoms with Crippen LogP contribution in [0.3, 0.4) is 0 Å². The van der Waals surface area contributed by atoms with Crippen LogP contribution >= 0.6 is 0 Å². The molecule has 0 aromatic carbocycles. The van der Waals surface area contributed by atoms with E-state index in [1.165, 1.54) is 18.7 Å². The van der Waals surface area contributed by atoms with Crippen molar-refractivity contribution in [1.82, 2.24) is 19.4 Å². The molecule has 0 radical (unpaired) electrons. The van der Waals surface area contributed by atoms with E-state index in [1.54, 1.807) is 13.0 Å². The molecule has 136 valence electrons. The van der Waals surface area contributed by atoms with E-state index in [-0.39, 0.29) is 17.2 Å². The molecule has 2 aromatic heterocycles. The van der Waals surface area contributed by atoms with Gasteiger partial charge in [-0.3, -0.25) is 18.7 Å². The Labute approximate surface area is 145 Å². The van der Waals surface area contributed by atoms with Crippen molar-refractivity contribution in [1.29, 1.82) is 0 Å².